The third-order valence-electron chi connectivity index (χ3n) is 4.67. The summed E-state index contributed by atoms with van der Waals surface area (Å²) in [4.78, 5) is 12.7. The lowest BCUT2D eigenvalue weighted by molar-refractivity contribution is -0.136. The van der Waals surface area contributed by atoms with Gasteiger partial charge in [-0.05, 0) is 49.7 Å². The topological polar surface area (TPSA) is 38.3 Å². The number of benzene rings is 1. The van der Waals surface area contributed by atoms with Crippen molar-refractivity contribution in [2.24, 2.45) is 11.3 Å². The molecule has 1 aromatic rings. The molecule has 0 unspecified atom stereocenters. The molecule has 0 bridgehead atoms. The number of ether oxygens (including phenoxy) is 1. The van der Waals surface area contributed by atoms with Crippen LogP contribution in [0.25, 0.3) is 0 Å². The number of halogens is 1. The number of nitrogens with one attached hydrogen (secondary N) is 1. The second kappa shape index (κ2) is 6.14. The summed E-state index contributed by atoms with van der Waals surface area (Å²) in [6, 6.07) is 6.75. The number of amides is 1. The van der Waals surface area contributed by atoms with Crippen LogP contribution in [0.5, 0.6) is 0 Å². The van der Waals surface area contributed by atoms with Crippen LogP contribution in [0.2, 0.25) is 0 Å². The molecule has 1 heterocycles. The van der Waals surface area contributed by atoms with Gasteiger partial charge in [-0.3, -0.25) is 4.79 Å². The standard InChI is InChI=1S/C17H22FNO2/c18-15-4-2-1-3-14(15)11-17(7-9-21-10-8-17)16(20)19-12-13-5-6-13/h1-4,13H,5-12H2,(H,19,20). The van der Waals surface area contributed by atoms with E-state index < -0.39 is 5.41 Å². The normalized spacial score (nSPS) is 21.0. The van der Waals surface area contributed by atoms with E-state index in [1.54, 1.807) is 12.1 Å². The van der Waals surface area contributed by atoms with Gasteiger partial charge in [-0.25, -0.2) is 4.39 Å². The summed E-state index contributed by atoms with van der Waals surface area (Å²) in [6.07, 6.45) is 4.21. The Bertz CT molecular complexity index is 507. The van der Waals surface area contributed by atoms with Gasteiger partial charge in [-0.15, -0.1) is 0 Å². The highest BCUT2D eigenvalue weighted by Crippen LogP contribution is 2.36. The van der Waals surface area contributed by atoms with E-state index in [4.69, 9.17) is 4.74 Å². The zero-order chi connectivity index (χ0) is 14.7. The molecule has 0 atom stereocenters. The fourth-order valence-electron chi connectivity index (χ4n) is 3.00. The monoisotopic (exact) mass is 291 g/mol. The summed E-state index contributed by atoms with van der Waals surface area (Å²) in [7, 11) is 0. The number of carbonyl (C=O) groups is 1. The number of rotatable bonds is 5. The smallest absolute Gasteiger partial charge is 0.226 e. The van der Waals surface area contributed by atoms with Gasteiger partial charge >= 0.3 is 0 Å². The molecule has 3 nitrogen and oxygen atoms in total. The zero-order valence-corrected chi connectivity index (χ0v) is 12.2. The van der Waals surface area contributed by atoms with Gasteiger partial charge in [0.2, 0.25) is 5.91 Å². The van der Waals surface area contributed by atoms with E-state index >= 15 is 0 Å². The minimum absolute atomic E-state index is 0.0703. The molecule has 3 rings (SSSR count). The van der Waals surface area contributed by atoms with Crippen molar-refractivity contribution >= 4 is 5.91 Å². The van der Waals surface area contributed by atoms with Crippen molar-refractivity contribution in [1.29, 1.82) is 0 Å². The first-order chi connectivity index (χ1) is 10.2. The molecule has 1 amide bonds. The fourth-order valence-corrected chi connectivity index (χ4v) is 3.00. The average molecular weight is 291 g/mol. The van der Waals surface area contributed by atoms with E-state index in [1.807, 2.05) is 6.07 Å². The Balaban J connectivity index is 1.75. The largest absolute Gasteiger partial charge is 0.381 e. The third kappa shape index (κ3) is 3.43. The van der Waals surface area contributed by atoms with Crippen LogP contribution in [-0.4, -0.2) is 25.7 Å². The summed E-state index contributed by atoms with van der Waals surface area (Å²) in [6.45, 7) is 1.91. The van der Waals surface area contributed by atoms with Crippen molar-refractivity contribution < 1.29 is 13.9 Å². The molecule has 0 aromatic heterocycles. The average Bonchev–Trinajstić information content (AvgIpc) is 3.32. The second-order valence-electron chi connectivity index (χ2n) is 6.31. The molecule has 1 saturated carbocycles. The van der Waals surface area contributed by atoms with Gasteiger partial charge in [0.15, 0.2) is 0 Å². The highest BCUT2D eigenvalue weighted by Gasteiger charge is 2.41. The van der Waals surface area contributed by atoms with Gasteiger partial charge in [-0.1, -0.05) is 18.2 Å². The van der Waals surface area contributed by atoms with E-state index in [9.17, 15) is 9.18 Å². The molecule has 1 saturated heterocycles. The van der Waals surface area contributed by atoms with E-state index in [2.05, 4.69) is 5.32 Å². The van der Waals surface area contributed by atoms with Crippen molar-refractivity contribution in [3.63, 3.8) is 0 Å². The number of hydrogen-bond donors (Lipinski definition) is 1. The molecule has 1 aliphatic heterocycles. The van der Waals surface area contributed by atoms with Crippen molar-refractivity contribution in [2.75, 3.05) is 19.8 Å². The summed E-state index contributed by atoms with van der Waals surface area (Å²) in [5.74, 6) is 0.499. The first kappa shape index (κ1) is 14.5. The molecule has 0 spiro atoms. The first-order valence-electron chi connectivity index (χ1n) is 7.79. The SMILES string of the molecule is O=C(NCC1CC1)C1(Cc2ccccc2F)CCOCC1. The second-order valence-corrected chi connectivity index (χ2v) is 6.31. The molecule has 2 aliphatic rings. The summed E-state index contributed by atoms with van der Waals surface area (Å²) in [5, 5.41) is 3.08. The summed E-state index contributed by atoms with van der Waals surface area (Å²) >= 11 is 0. The number of hydrogen-bond acceptors (Lipinski definition) is 2. The molecule has 114 valence electrons. The van der Waals surface area contributed by atoms with Crippen LogP contribution in [0.4, 0.5) is 4.39 Å². The minimum Gasteiger partial charge on any atom is -0.381 e. The third-order valence-corrected chi connectivity index (χ3v) is 4.67. The molecule has 1 aromatic carbocycles. The predicted molar refractivity (Wildman–Crippen MR) is 78.3 cm³/mol. The maximum absolute atomic E-state index is 13.9. The van der Waals surface area contributed by atoms with E-state index in [1.165, 1.54) is 18.9 Å². The maximum Gasteiger partial charge on any atom is 0.226 e. The molecule has 21 heavy (non-hydrogen) atoms. The maximum atomic E-state index is 13.9. The lowest BCUT2D eigenvalue weighted by Crippen LogP contribution is -2.46. The Labute approximate surface area is 124 Å². The molecule has 2 fully saturated rings. The van der Waals surface area contributed by atoms with Crippen molar-refractivity contribution in [2.45, 2.75) is 32.1 Å². The molecule has 1 aliphatic carbocycles. The highest BCUT2D eigenvalue weighted by atomic mass is 19.1. The minimum atomic E-state index is -0.519. The molecular formula is C17H22FNO2. The van der Waals surface area contributed by atoms with Crippen LogP contribution >= 0.6 is 0 Å². The van der Waals surface area contributed by atoms with Crippen LogP contribution in [0.15, 0.2) is 24.3 Å². The van der Waals surface area contributed by atoms with E-state index in [0.29, 0.717) is 44.0 Å². The summed E-state index contributed by atoms with van der Waals surface area (Å²) in [5.41, 5.74) is 0.107. The van der Waals surface area contributed by atoms with Crippen LogP contribution in [0, 0.1) is 17.2 Å². The summed E-state index contributed by atoms with van der Waals surface area (Å²) < 4.78 is 19.3. The van der Waals surface area contributed by atoms with Gasteiger partial charge in [0.05, 0.1) is 5.41 Å². The quantitative estimate of drug-likeness (QED) is 0.906. The Kier molecular flexibility index (Phi) is 4.24. The van der Waals surface area contributed by atoms with Gasteiger partial charge in [-0.2, -0.15) is 0 Å². The fraction of sp³-hybridized carbons (Fsp3) is 0.588. The Hall–Kier alpha value is -1.42. The van der Waals surface area contributed by atoms with Crippen molar-refractivity contribution in [3.05, 3.63) is 35.6 Å². The van der Waals surface area contributed by atoms with Gasteiger partial charge in [0.25, 0.3) is 0 Å². The van der Waals surface area contributed by atoms with Gasteiger partial charge in [0, 0.05) is 19.8 Å². The van der Waals surface area contributed by atoms with E-state index in [0.717, 1.165) is 6.54 Å². The van der Waals surface area contributed by atoms with Crippen LogP contribution in [-0.2, 0) is 16.0 Å². The highest BCUT2D eigenvalue weighted by molar-refractivity contribution is 5.83. The zero-order valence-electron chi connectivity index (χ0n) is 12.2. The molecular weight excluding hydrogens is 269 g/mol. The first-order valence-corrected chi connectivity index (χ1v) is 7.79. The molecule has 1 N–H and O–H groups in total. The Morgan fingerprint density at radius 1 is 1.29 bits per heavy atom. The lowest BCUT2D eigenvalue weighted by atomic mass is 9.74. The van der Waals surface area contributed by atoms with Crippen LogP contribution in [0.1, 0.15) is 31.2 Å². The van der Waals surface area contributed by atoms with Crippen LogP contribution < -0.4 is 5.32 Å². The van der Waals surface area contributed by atoms with Crippen molar-refractivity contribution in [1.82, 2.24) is 5.32 Å². The van der Waals surface area contributed by atoms with Crippen molar-refractivity contribution in [3.8, 4) is 0 Å². The lowest BCUT2D eigenvalue weighted by Gasteiger charge is -2.36. The Morgan fingerprint density at radius 3 is 2.67 bits per heavy atom. The molecule has 4 heteroatoms. The van der Waals surface area contributed by atoms with Gasteiger partial charge in [0.1, 0.15) is 5.82 Å². The Morgan fingerprint density at radius 2 is 2.00 bits per heavy atom. The van der Waals surface area contributed by atoms with Gasteiger partial charge < -0.3 is 10.1 Å². The van der Waals surface area contributed by atoms with E-state index in [-0.39, 0.29) is 11.7 Å². The van der Waals surface area contributed by atoms with Crippen LogP contribution in [0.3, 0.4) is 0 Å². The number of carbonyl (C=O) groups excluding carboxylic acids is 1. The molecule has 0 radical (unpaired) electrons. The predicted octanol–water partition coefficient (Wildman–Crippen LogP) is 2.69.